The van der Waals surface area contributed by atoms with Gasteiger partial charge in [0.05, 0.1) is 30.1 Å². The molecule has 2 heterocycles. The van der Waals surface area contributed by atoms with Crippen LogP contribution in [0.3, 0.4) is 0 Å². The Labute approximate surface area is 137 Å². The number of amides is 1. The number of carbonyl (C=O) groups is 2. The highest BCUT2D eigenvalue weighted by Gasteiger charge is 2.28. The number of rotatable bonds is 3. The minimum absolute atomic E-state index is 0.184. The lowest BCUT2D eigenvalue weighted by Crippen LogP contribution is -2.25. The highest BCUT2D eigenvalue weighted by atomic mass is 16.5. The predicted molar refractivity (Wildman–Crippen MR) is 84.1 cm³/mol. The van der Waals surface area contributed by atoms with E-state index in [0.717, 1.165) is 0 Å². The first-order valence-corrected chi connectivity index (χ1v) is 7.25. The maximum Gasteiger partial charge on any atom is 0.358 e. The molecule has 0 fully saturated rings. The van der Waals surface area contributed by atoms with Crippen LogP contribution in [-0.4, -0.2) is 40.0 Å². The molecule has 0 unspecified atom stereocenters. The summed E-state index contributed by atoms with van der Waals surface area (Å²) in [5.74, 6) is -0.764. The van der Waals surface area contributed by atoms with Crippen LogP contribution in [-0.2, 0) is 11.3 Å². The maximum absolute atomic E-state index is 12.6. The van der Waals surface area contributed by atoms with Crippen molar-refractivity contribution in [1.29, 1.82) is 0 Å². The highest BCUT2D eigenvalue weighted by molar-refractivity contribution is 5.99. The van der Waals surface area contributed by atoms with Crippen LogP contribution in [0.5, 0.6) is 0 Å². The zero-order valence-corrected chi connectivity index (χ0v) is 13.1. The number of ether oxygens (including phenoxy) is 1. The third kappa shape index (κ3) is 2.46. The number of esters is 1. The van der Waals surface area contributed by atoms with Gasteiger partial charge in [0, 0.05) is 17.6 Å². The highest BCUT2D eigenvalue weighted by Crippen LogP contribution is 2.29. The number of fused-ring (bicyclic) bond motifs is 3. The third-order valence-electron chi connectivity index (χ3n) is 3.70. The molecule has 0 saturated heterocycles. The van der Waals surface area contributed by atoms with Crippen LogP contribution in [0.1, 0.15) is 33.5 Å². The predicted octanol–water partition coefficient (Wildman–Crippen LogP) is 2.58. The van der Waals surface area contributed by atoms with Crippen molar-refractivity contribution in [1.82, 2.24) is 14.5 Å². The summed E-state index contributed by atoms with van der Waals surface area (Å²) in [7, 11) is 1.63. The SMILES string of the molecule is CCOC(=O)c1ncn2c1CN([11CH3])C(=O)c1cc(N=[N+]=[N-])ccc1-2. The Morgan fingerprint density at radius 3 is 3.00 bits per heavy atom. The van der Waals surface area contributed by atoms with Gasteiger partial charge in [-0.1, -0.05) is 11.2 Å². The summed E-state index contributed by atoms with van der Waals surface area (Å²) in [6.07, 6.45) is 1.49. The fourth-order valence-corrected chi connectivity index (χ4v) is 2.62. The average molecular weight is 325 g/mol. The van der Waals surface area contributed by atoms with Gasteiger partial charge in [0.15, 0.2) is 5.69 Å². The average Bonchev–Trinajstić information content (AvgIpc) is 2.94. The van der Waals surface area contributed by atoms with Crippen LogP contribution >= 0.6 is 0 Å². The van der Waals surface area contributed by atoms with Crippen LogP contribution in [0.2, 0.25) is 0 Å². The quantitative estimate of drug-likeness (QED) is 0.373. The van der Waals surface area contributed by atoms with E-state index >= 15 is 0 Å². The lowest BCUT2D eigenvalue weighted by atomic mass is 10.1. The Balaban J connectivity index is 2.19. The number of hydrogen-bond acceptors (Lipinski definition) is 5. The summed E-state index contributed by atoms with van der Waals surface area (Å²) in [5, 5.41) is 3.53. The molecule has 9 heteroatoms. The molecule has 0 atom stereocenters. The number of benzene rings is 1. The number of carbonyl (C=O) groups excluding carboxylic acids is 2. The molecule has 0 N–H and O–H groups in total. The van der Waals surface area contributed by atoms with Crippen LogP contribution in [0.15, 0.2) is 29.6 Å². The molecule has 0 saturated carbocycles. The van der Waals surface area contributed by atoms with E-state index in [1.165, 1.54) is 17.3 Å². The van der Waals surface area contributed by atoms with Crippen molar-refractivity contribution in [2.75, 3.05) is 13.7 Å². The van der Waals surface area contributed by atoms with Gasteiger partial charge in [0.1, 0.15) is 6.33 Å². The number of imidazole rings is 1. The molecule has 0 spiro atoms. The second-order valence-corrected chi connectivity index (χ2v) is 5.18. The Hall–Kier alpha value is -3.32. The Morgan fingerprint density at radius 1 is 1.50 bits per heavy atom. The second-order valence-electron chi connectivity index (χ2n) is 5.18. The van der Waals surface area contributed by atoms with E-state index in [1.807, 2.05) is 0 Å². The number of aromatic nitrogens is 2. The molecular formula is C15H14N6O3. The molecule has 1 aromatic carbocycles. The summed E-state index contributed by atoms with van der Waals surface area (Å²) >= 11 is 0. The molecule has 3 rings (SSSR count). The van der Waals surface area contributed by atoms with E-state index in [-0.39, 0.29) is 24.8 Å². The van der Waals surface area contributed by atoms with Crippen molar-refractivity contribution in [2.24, 2.45) is 5.11 Å². The van der Waals surface area contributed by atoms with Crippen molar-refractivity contribution in [2.45, 2.75) is 13.5 Å². The van der Waals surface area contributed by atoms with Crippen molar-refractivity contribution < 1.29 is 14.3 Å². The second kappa shape index (κ2) is 6.05. The maximum atomic E-state index is 12.6. The monoisotopic (exact) mass is 325 g/mol. The van der Waals surface area contributed by atoms with Crippen molar-refractivity contribution in [3.63, 3.8) is 0 Å². The minimum Gasteiger partial charge on any atom is -0.461 e. The Bertz CT molecular complexity index is 881. The van der Waals surface area contributed by atoms with Crippen LogP contribution in [0.4, 0.5) is 5.69 Å². The van der Waals surface area contributed by atoms with Gasteiger partial charge in [-0.05, 0) is 24.6 Å². The first-order valence-electron chi connectivity index (χ1n) is 7.25. The molecule has 24 heavy (non-hydrogen) atoms. The molecule has 1 aliphatic heterocycles. The fraction of sp³-hybridized carbons (Fsp3) is 0.267. The topological polar surface area (TPSA) is 113 Å². The molecule has 1 aromatic heterocycles. The molecule has 2 aromatic rings. The molecule has 0 aliphatic carbocycles. The van der Waals surface area contributed by atoms with E-state index in [2.05, 4.69) is 15.0 Å². The van der Waals surface area contributed by atoms with Gasteiger partial charge in [0.25, 0.3) is 5.91 Å². The van der Waals surface area contributed by atoms with Crippen LogP contribution in [0.25, 0.3) is 16.1 Å². The Morgan fingerprint density at radius 2 is 2.29 bits per heavy atom. The van der Waals surface area contributed by atoms with Gasteiger partial charge >= 0.3 is 5.97 Å². The van der Waals surface area contributed by atoms with Gasteiger partial charge in [-0.3, -0.25) is 9.36 Å². The lowest BCUT2D eigenvalue weighted by Gasteiger charge is -2.14. The Kier molecular flexibility index (Phi) is 3.93. The standard InChI is InChI=1S/C15H14N6O3/c1-3-24-15(23)13-12-7-20(2)14(22)10-6-9(18-19-16)4-5-11(10)21(12)8-17-13/h4-6,8H,3,7H2,1-2H3/i2-1. The van der Waals surface area contributed by atoms with Gasteiger partial charge in [-0.15, -0.1) is 0 Å². The van der Waals surface area contributed by atoms with E-state index in [9.17, 15) is 9.59 Å². The van der Waals surface area contributed by atoms with Crippen molar-refractivity contribution in [3.8, 4) is 5.69 Å². The fourth-order valence-electron chi connectivity index (χ4n) is 2.62. The first kappa shape index (κ1) is 15.6. The van der Waals surface area contributed by atoms with Gasteiger partial charge in [-0.25, -0.2) is 9.78 Å². The zero-order valence-electron chi connectivity index (χ0n) is 13.1. The molecule has 122 valence electrons. The minimum atomic E-state index is -0.527. The van der Waals surface area contributed by atoms with E-state index in [4.69, 9.17) is 10.3 Å². The lowest BCUT2D eigenvalue weighted by molar-refractivity contribution is 0.0516. The molecule has 0 bridgehead atoms. The normalized spacial score (nSPS) is 12.8. The van der Waals surface area contributed by atoms with E-state index in [0.29, 0.717) is 22.6 Å². The molecule has 9 nitrogen and oxygen atoms in total. The number of hydrogen-bond donors (Lipinski definition) is 0. The van der Waals surface area contributed by atoms with Crippen molar-refractivity contribution >= 4 is 17.6 Å². The molecule has 1 aliphatic rings. The zero-order chi connectivity index (χ0) is 17.3. The number of nitrogens with zero attached hydrogens (tertiary/aromatic N) is 6. The third-order valence-corrected chi connectivity index (χ3v) is 3.70. The molecule has 0 radical (unpaired) electrons. The summed E-state index contributed by atoms with van der Waals surface area (Å²) in [6.45, 7) is 2.17. The van der Waals surface area contributed by atoms with Gasteiger partial charge in [-0.2, -0.15) is 0 Å². The number of azide groups is 1. The van der Waals surface area contributed by atoms with Crippen molar-refractivity contribution in [3.05, 3.63) is 51.9 Å². The summed E-state index contributed by atoms with van der Waals surface area (Å²) in [4.78, 5) is 33.0. The van der Waals surface area contributed by atoms with Gasteiger partial charge < -0.3 is 9.64 Å². The van der Waals surface area contributed by atoms with E-state index < -0.39 is 5.97 Å². The van der Waals surface area contributed by atoms with Gasteiger partial charge in [0.2, 0.25) is 0 Å². The summed E-state index contributed by atoms with van der Waals surface area (Å²) in [6, 6.07) is 4.79. The smallest absolute Gasteiger partial charge is 0.358 e. The molecular weight excluding hydrogens is 311 g/mol. The van der Waals surface area contributed by atoms with Crippen LogP contribution < -0.4 is 0 Å². The van der Waals surface area contributed by atoms with Crippen LogP contribution in [0, 0.1) is 0 Å². The summed E-state index contributed by atoms with van der Waals surface area (Å²) < 4.78 is 6.70. The molecule has 1 amide bonds. The summed E-state index contributed by atoms with van der Waals surface area (Å²) in [5.41, 5.74) is 10.6. The van der Waals surface area contributed by atoms with E-state index in [1.54, 1.807) is 30.7 Å². The first-order chi connectivity index (χ1) is 11.6. The largest absolute Gasteiger partial charge is 0.461 e.